The van der Waals surface area contributed by atoms with E-state index in [0.29, 0.717) is 17.9 Å². The molecule has 1 aromatic heterocycles. The molecule has 3 aromatic rings. The van der Waals surface area contributed by atoms with Crippen molar-refractivity contribution >= 4 is 29.0 Å². The molecule has 1 fully saturated rings. The number of ether oxygens (including phenoxy) is 1. The zero-order valence-corrected chi connectivity index (χ0v) is 18.7. The molecule has 0 saturated carbocycles. The molecule has 8 heteroatoms. The predicted octanol–water partition coefficient (Wildman–Crippen LogP) is 3.97. The Morgan fingerprint density at radius 2 is 1.79 bits per heavy atom. The summed E-state index contributed by atoms with van der Waals surface area (Å²) in [5, 5.41) is 14.5. The maximum Gasteiger partial charge on any atom is 0.229 e. The molecular weight excluding hydrogens is 418 g/mol. The molecule has 0 bridgehead atoms. The van der Waals surface area contributed by atoms with Gasteiger partial charge in [-0.1, -0.05) is 18.2 Å². The third-order valence-electron chi connectivity index (χ3n) is 5.60. The monoisotopic (exact) mass is 445 g/mol. The molecule has 170 valence electrons. The summed E-state index contributed by atoms with van der Waals surface area (Å²) in [7, 11) is 1.63. The van der Waals surface area contributed by atoms with Crippen LogP contribution in [0.4, 0.5) is 17.2 Å². The first-order valence-electron chi connectivity index (χ1n) is 10.9. The van der Waals surface area contributed by atoms with E-state index in [1.807, 2.05) is 42.5 Å². The zero-order valence-electron chi connectivity index (χ0n) is 18.7. The molecule has 1 saturated heterocycles. The van der Waals surface area contributed by atoms with Crippen molar-refractivity contribution in [2.24, 2.45) is 5.92 Å². The van der Waals surface area contributed by atoms with Gasteiger partial charge >= 0.3 is 0 Å². The lowest BCUT2D eigenvalue weighted by atomic mass is 9.97. The highest BCUT2D eigenvalue weighted by molar-refractivity contribution is 5.94. The summed E-state index contributed by atoms with van der Waals surface area (Å²) in [6, 6.07) is 18.7. The van der Waals surface area contributed by atoms with E-state index < -0.39 is 0 Å². The van der Waals surface area contributed by atoms with E-state index in [0.717, 1.165) is 42.2 Å². The smallest absolute Gasteiger partial charge is 0.229 e. The fraction of sp³-hybridized carbons (Fsp3) is 0.280. The van der Waals surface area contributed by atoms with Crippen LogP contribution in [0.1, 0.15) is 19.8 Å². The van der Waals surface area contributed by atoms with Gasteiger partial charge in [-0.15, -0.1) is 10.2 Å². The molecule has 33 heavy (non-hydrogen) atoms. The maximum absolute atomic E-state index is 12.9. The Hall–Kier alpha value is -3.94. The first-order valence-corrected chi connectivity index (χ1v) is 10.9. The standard InChI is InChI=1S/C25H27N5O3/c1-17(31)26-19-8-5-9-20(15-19)27-25(32)18-7-6-14-30(16-18)24-13-12-22(28-29-24)21-10-3-4-11-23(21)33-2/h3-5,8-13,15,18H,6-7,14,16H2,1-2H3,(H,26,31)(H,27,32). The van der Waals surface area contributed by atoms with Crippen molar-refractivity contribution in [3.05, 3.63) is 60.7 Å². The molecule has 8 nitrogen and oxygen atoms in total. The Balaban J connectivity index is 1.42. The summed E-state index contributed by atoms with van der Waals surface area (Å²) in [6.45, 7) is 2.85. The second-order valence-corrected chi connectivity index (χ2v) is 8.01. The zero-order chi connectivity index (χ0) is 23.2. The molecule has 2 aromatic carbocycles. The van der Waals surface area contributed by atoms with E-state index in [4.69, 9.17) is 4.74 Å². The summed E-state index contributed by atoms with van der Waals surface area (Å²) in [6.07, 6.45) is 1.69. The normalized spacial score (nSPS) is 15.6. The summed E-state index contributed by atoms with van der Waals surface area (Å²) in [5.41, 5.74) is 2.93. The van der Waals surface area contributed by atoms with Gasteiger partial charge < -0.3 is 20.3 Å². The first-order chi connectivity index (χ1) is 16.0. The van der Waals surface area contributed by atoms with E-state index in [9.17, 15) is 9.59 Å². The number of nitrogens with one attached hydrogen (secondary N) is 2. The van der Waals surface area contributed by atoms with Gasteiger partial charge in [-0.05, 0) is 55.3 Å². The lowest BCUT2D eigenvalue weighted by Gasteiger charge is -2.32. The van der Waals surface area contributed by atoms with Crippen molar-refractivity contribution < 1.29 is 14.3 Å². The highest BCUT2D eigenvalue weighted by Crippen LogP contribution is 2.29. The lowest BCUT2D eigenvalue weighted by Crippen LogP contribution is -2.41. The fourth-order valence-corrected chi connectivity index (χ4v) is 4.02. The number of methoxy groups -OCH3 is 1. The molecule has 1 aliphatic heterocycles. The van der Waals surface area contributed by atoms with Crippen LogP contribution < -0.4 is 20.3 Å². The summed E-state index contributed by atoms with van der Waals surface area (Å²) in [4.78, 5) is 26.3. The number of piperidine rings is 1. The van der Waals surface area contributed by atoms with Gasteiger partial charge in [0.1, 0.15) is 5.75 Å². The Morgan fingerprint density at radius 1 is 1.00 bits per heavy atom. The molecule has 1 aliphatic rings. The topological polar surface area (TPSA) is 96.5 Å². The molecule has 0 aliphatic carbocycles. The number of hydrogen-bond acceptors (Lipinski definition) is 6. The van der Waals surface area contributed by atoms with Gasteiger partial charge in [0, 0.05) is 37.0 Å². The largest absolute Gasteiger partial charge is 0.496 e. The number of aromatic nitrogens is 2. The number of para-hydroxylation sites is 1. The summed E-state index contributed by atoms with van der Waals surface area (Å²) < 4.78 is 5.42. The number of carbonyl (C=O) groups is 2. The second-order valence-electron chi connectivity index (χ2n) is 8.01. The molecule has 1 unspecified atom stereocenters. The Bertz CT molecular complexity index is 1130. The van der Waals surface area contributed by atoms with Crippen molar-refractivity contribution in [3.63, 3.8) is 0 Å². The molecule has 2 amide bonds. The van der Waals surface area contributed by atoms with E-state index in [2.05, 4.69) is 25.7 Å². The molecule has 1 atom stereocenters. The molecule has 2 heterocycles. The number of benzene rings is 2. The van der Waals surface area contributed by atoms with E-state index in [-0.39, 0.29) is 17.7 Å². The number of rotatable bonds is 6. The van der Waals surface area contributed by atoms with Crippen LogP contribution in [0.15, 0.2) is 60.7 Å². The lowest BCUT2D eigenvalue weighted by molar-refractivity contribution is -0.120. The Morgan fingerprint density at radius 3 is 2.52 bits per heavy atom. The van der Waals surface area contributed by atoms with Crippen molar-refractivity contribution in [1.82, 2.24) is 10.2 Å². The van der Waals surface area contributed by atoms with Crippen LogP contribution in [-0.4, -0.2) is 42.2 Å². The van der Waals surface area contributed by atoms with Crippen LogP contribution in [0.2, 0.25) is 0 Å². The Labute approximate surface area is 193 Å². The third kappa shape index (κ3) is 5.46. The SMILES string of the molecule is COc1ccccc1-c1ccc(N2CCCC(C(=O)Nc3cccc(NC(C)=O)c3)C2)nn1. The number of anilines is 3. The van der Waals surface area contributed by atoms with Crippen LogP contribution in [0.5, 0.6) is 5.75 Å². The van der Waals surface area contributed by atoms with Gasteiger partial charge in [-0.2, -0.15) is 0 Å². The van der Waals surface area contributed by atoms with Crippen LogP contribution in [-0.2, 0) is 9.59 Å². The van der Waals surface area contributed by atoms with Crippen molar-refractivity contribution in [2.75, 3.05) is 35.7 Å². The fourth-order valence-electron chi connectivity index (χ4n) is 4.02. The van der Waals surface area contributed by atoms with Gasteiger partial charge in [0.15, 0.2) is 5.82 Å². The van der Waals surface area contributed by atoms with Crippen LogP contribution >= 0.6 is 0 Å². The van der Waals surface area contributed by atoms with Crippen molar-refractivity contribution in [2.45, 2.75) is 19.8 Å². The number of amides is 2. The molecule has 0 spiro atoms. The van der Waals surface area contributed by atoms with E-state index in [1.54, 1.807) is 25.3 Å². The first kappa shape index (κ1) is 22.3. The van der Waals surface area contributed by atoms with Crippen LogP contribution in [0.3, 0.4) is 0 Å². The quantitative estimate of drug-likeness (QED) is 0.596. The van der Waals surface area contributed by atoms with Gasteiger partial charge in [-0.3, -0.25) is 9.59 Å². The predicted molar refractivity (Wildman–Crippen MR) is 128 cm³/mol. The average Bonchev–Trinajstić information content (AvgIpc) is 2.84. The molecule has 4 rings (SSSR count). The minimum absolute atomic E-state index is 0.0433. The van der Waals surface area contributed by atoms with Crippen LogP contribution in [0, 0.1) is 5.92 Å². The van der Waals surface area contributed by atoms with E-state index in [1.165, 1.54) is 6.92 Å². The van der Waals surface area contributed by atoms with Gasteiger partial charge in [0.25, 0.3) is 0 Å². The summed E-state index contributed by atoms with van der Waals surface area (Å²) >= 11 is 0. The van der Waals surface area contributed by atoms with Crippen LogP contribution in [0.25, 0.3) is 11.3 Å². The minimum atomic E-state index is -0.168. The number of carbonyl (C=O) groups excluding carboxylic acids is 2. The van der Waals surface area contributed by atoms with Crippen molar-refractivity contribution in [1.29, 1.82) is 0 Å². The third-order valence-corrected chi connectivity index (χ3v) is 5.60. The van der Waals surface area contributed by atoms with Crippen molar-refractivity contribution in [3.8, 4) is 17.0 Å². The summed E-state index contributed by atoms with van der Waals surface area (Å²) in [5.74, 6) is 1.13. The second kappa shape index (κ2) is 10.1. The van der Waals surface area contributed by atoms with Gasteiger partial charge in [0.05, 0.1) is 18.7 Å². The Kier molecular flexibility index (Phi) is 6.83. The maximum atomic E-state index is 12.9. The molecule has 2 N–H and O–H groups in total. The molecular formula is C25H27N5O3. The van der Waals surface area contributed by atoms with E-state index >= 15 is 0 Å². The highest BCUT2D eigenvalue weighted by atomic mass is 16.5. The number of nitrogens with zero attached hydrogens (tertiary/aromatic N) is 3. The van der Waals surface area contributed by atoms with Gasteiger partial charge in [0.2, 0.25) is 11.8 Å². The van der Waals surface area contributed by atoms with Gasteiger partial charge in [-0.25, -0.2) is 0 Å². The number of hydrogen-bond donors (Lipinski definition) is 2. The molecule has 0 radical (unpaired) electrons. The average molecular weight is 446 g/mol. The highest BCUT2D eigenvalue weighted by Gasteiger charge is 2.27. The minimum Gasteiger partial charge on any atom is -0.496 e.